The maximum Gasteiger partial charge on any atom is 0.303 e. The second-order valence-corrected chi connectivity index (χ2v) is 9.62. The molecule has 1 N–H and O–H groups in total. The highest BCUT2D eigenvalue weighted by molar-refractivity contribution is 7.92. The van der Waals surface area contributed by atoms with Gasteiger partial charge in [-0.25, -0.2) is 8.42 Å². The van der Waals surface area contributed by atoms with Crippen molar-refractivity contribution in [1.82, 2.24) is 0 Å². The van der Waals surface area contributed by atoms with Gasteiger partial charge in [0.2, 0.25) is 0 Å². The zero-order chi connectivity index (χ0) is 22.6. The number of aryl methyl sites for hydroxylation is 1. The molecule has 0 radical (unpaired) electrons. The van der Waals surface area contributed by atoms with Crippen molar-refractivity contribution in [2.75, 3.05) is 10.8 Å². The van der Waals surface area contributed by atoms with Gasteiger partial charge in [-0.15, -0.1) is 0 Å². The van der Waals surface area contributed by atoms with E-state index in [0.717, 1.165) is 24.0 Å². The number of carbonyl (C=O) groups is 1. The molecule has 1 atom stereocenters. The second-order valence-electron chi connectivity index (χ2n) is 7.76. The number of fused-ring (bicyclic) bond motifs is 1. The van der Waals surface area contributed by atoms with Crippen LogP contribution in [0.4, 0.5) is 5.69 Å². The first-order valence-electron chi connectivity index (χ1n) is 10.6. The first kappa shape index (κ1) is 22.9. The fourth-order valence-corrected chi connectivity index (χ4v) is 5.28. The highest BCUT2D eigenvalue weighted by Gasteiger charge is 2.34. The number of nitrogens with zero attached hydrogens (tertiary/aromatic N) is 1. The predicted molar refractivity (Wildman–Crippen MR) is 122 cm³/mol. The monoisotopic (exact) mass is 443 g/mol. The highest BCUT2D eigenvalue weighted by atomic mass is 32.2. The van der Waals surface area contributed by atoms with E-state index in [9.17, 15) is 13.2 Å². The van der Waals surface area contributed by atoms with Crippen molar-refractivity contribution in [2.24, 2.45) is 0 Å². The Morgan fingerprint density at radius 1 is 1.19 bits per heavy atom. The summed E-state index contributed by atoms with van der Waals surface area (Å²) in [6.07, 6.45) is 3.53. The molecule has 31 heavy (non-hydrogen) atoms. The van der Waals surface area contributed by atoms with Crippen molar-refractivity contribution in [3.8, 4) is 5.75 Å². The van der Waals surface area contributed by atoms with Gasteiger partial charge in [0.25, 0.3) is 10.0 Å². The number of benzene rings is 2. The van der Waals surface area contributed by atoms with E-state index >= 15 is 0 Å². The van der Waals surface area contributed by atoms with Gasteiger partial charge in [-0.1, -0.05) is 43.7 Å². The molecule has 0 saturated heterocycles. The van der Waals surface area contributed by atoms with Crippen LogP contribution in [0, 0.1) is 6.92 Å². The average Bonchev–Trinajstić information content (AvgIpc) is 2.75. The zero-order valence-corrected chi connectivity index (χ0v) is 19.0. The van der Waals surface area contributed by atoms with E-state index in [0.29, 0.717) is 11.4 Å². The van der Waals surface area contributed by atoms with Crippen LogP contribution in [0.25, 0.3) is 6.08 Å². The van der Waals surface area contributed by atoms with Crippen LogP contribution in [-0.2, 0) is 14.8 Å². The molecule has 7 heteroatoms. The molecule has 0 saturated carbocycles. The minimum absolute atomic E-state index is 0.0676. The van der Waals surface area contributed by atoms with E-state index in [-0.39, 0.29) is 24.3 Å². The van der Waals surface area contributed by atoms with E-state index < -0.39 is 22.1 Å². The first-order valence-corrected chi connectivity index (χ1v) is 12.0. The average molecular weight is 444 g/mol. The lowest BCUT2D eigenvalue weighted by Crippen LogP contribution is -2.43. The third kappa shape index (κ3) is 5.28. The largest absolute Gasteiger partial charge is 0.486 e. The Kier molecular flexibility index (Phi) is 7.05. The lowest BCUT2D eigenvalue weighted by Gasteiger charge is -2.35. The minimum Gasteiger partial charge on any atom is -0.486 e. The zero-order valence-electron chi connectivity index (χ0n) is 18.2. The van der Waals surface area contributed by atoms with E-state index in [4.69, 9.17) is 9.84 Å². The van der Waals surface area contributed by atoms with Gasteiger partial charge in [-0.2, -0.15) is 0 Å². The number of aliphatic carboxylic acids is 1. The van der Waals surface area contributed by atoms with Crippen molar-refractivity contribution in [1.29, 1.82) is 0 Å². The summed E-state index contributed by atoms with van der Waals surface area (Å²) < 4.78 is 34.5. The summed E-state index contributed by atoms with van der Waals surface area (Å²) >= 11 is 0. The molecular weight excluding hydrogens is 414 g/mol. The molecule has 1 aliphatic heterocycles. The van der Waals surface area contributed by atoms with Gasteiger partial charge in [0.1, 0.15) is 11.9 Å². The summed E-state index contributed by atoms with van der Waals surface area (Å²) in [4.78, 5) is 11.2. The Morgan fingerprint density at radius 3 is 2.58 bits per heavy atom. The third-order valence-corrected chi connectivity index (χ3v) is 7.23. The molecule has 0 aliphatic carbocycles. The lowest BCUT2D eigenvalue weighted by molar-refractivity contribution is -0.137. The fraction of sp³-hybridized carbons (Fsp3) is 0.375. The molecule has 0 spiro atoms. The Bertz CT molecular complexity index is 1080. The maximum atomic E-state index is 13.6. The topological polar surface area (TPSA) is 83.9 Å². The molecule has 6 nitrogen and oxygen atoms in total. The van der Waals surface area contributed by atoms with Crippen molar-refractivity contribution in [2.45, 2.75) is 57.5 Å². The van der Waals surface area contributed by atoms with Gasteiger partial charge >= 0.3 is 5.97 Å². The van der Waals surface area contributed by atoms with Crippen LogP contribution in [0.15, 0.2) is 52.9 Å². The van der Waals surface area contributed by atoms with Crippen LogP contribution < -0.4 is 9.04 Å². The smallest absolute Gasteiger partial charge is 0.303 e. The Labute approximate surface area is 184 Å². The Morgan fingerprint density at radius 2 is 1.94 bits per heavy atom. The molecule has 0 amide bonds. The van der Waals surface area contributed by atoms with Crippen molar-refractivity contribution in [3.63, 3.8) is 0 Å². The first-order chi connectivity index (χ1) is 14.7. The second kappa shape index (κ2) is 9.56. The van der Waals surface area contributed by atoms with E-state index in [2.05, 4.69) is 19.9 Å². The summed E-state index contributed by atoms with van der Waals surface area (Å²) in [5.41, 5.74) is 3.51. The number of hydrogen-bond acceptors (Lipinski definition) is 4. The lowest BCUT2D eigenvalue weighted by atomic mass is 10.0. The number of rotatable bonds is 8. The predicted octanol–water partition coefficient (Wildman–Crippen LogP) is 5.02. The molecule has 2 aromatic rings. The van der Waals surface area contributed by atoms with Crippen LogP contribution in [0.2, 0.25) is 0 Å². The Balaban J connectivity index is 2.07. The number of carboxylic acids is 1. The molecule has 0 bridgehead atoms. The van der Waals surface area contributed by atoms with Gasteiger partial charge in [0.05, 0.1) is 17.1 Å². The molecule has 0 fully saturated rings. The van der Waals surface area contributed by atoms with Crippen LogP contribution in [0.5, 0.6) is 5.75 Å². The van der Waals surface area contributed by atoms with Crippen molar-refractivity contribution >= 4 is 27.8 Å². The summed E-state index contributed by atoms with van der Waals surface area (Å²) in [6.45, 7) is 6.11. The number of carboxylic acid groups (broad SMARTS) is 1. The standard InChI is InChI=1S/C24H29NO5S/c1-4-18(5-2)14-19-9-11-23-22(15-19)25(16-20(30-23)10-12-24(26)27)31(28,29)21-8-6-7-17(3)13-21/h6-9,11,13-15,20H,4-5,10,12,16H2,1-3H3,(H,26,27)/t20-/m0/s1. The van der Waals surface area contributed by atoms with Gasteiger partial charge in [-0.05, 0) is 61.6 Å². The van der Waals surface area contributed by atoms with E-state index in [1.54, 1.807) is 24.3 Å². The maximum absolute atomic E-state index is 13.6. The summed E-state index contributed by atoms with van der Waals surface area (Å²) in [7, 11) is -3.84. The van der Waals surface area contributed by atoms with E-state index in [1.807, 2.05) is 25.1 Å². The molecule has 166 valence electrons. The molecule has 1 aliphatic rings. The number of allylic oxidation sites excluding steroid dienone is 1. The number of anilines is 1. The summed E-state index contributed by atoms with van der Waals surface area (Å²) in [5, 5.41) is 9.05. The van der Waals surface area contributed by atoms with Crippen LogP contribution in [0.3, 0.4) is 0 Å². The number of hydrogen-bond donors (Lipinski definition) is 1. The summed E-state index contributed by atoms with van der Waals surface area (Å²) in [6, 6.07) is 12.3. The molecule has 0 aromatic heterocycles. The van der Waals surface area contributed by atoms with Crippen LogP contribution in [-0.4, -0.2) is 32.1 Å². The van der Waals surface area contributed by atoms with Gasteiger partial charge < -0.3 is 9.84 Å². The van der Waals surface area contributed by atoms with Gasteiger partial charge in [0, 0.05) is 6.42 Å². The molecular formula is C24H29NO5S. The summed E-state index contributed by atoms with van der Waals surface area (Å²) in [5.74, 6) is -0.487. The van der Waals surface area contributed by atoms with Gasteiger partial charge in [-0.3, -0.25) is 9.10 Å². The van der Waals surface area contributed by atoms with Crippen molar-refractivity contribution in [3.05, 3.63) is 59.2 Å². The molecule has 2 aromatic carbocycles. The highest BCUT2D eigenvalue weighted by Crippen LogP contribution is 2.39. The third-order valence-electron chi connectivity index (χ3n) is 5.45. The van der Waals surface area contributed by atoms with E-state index in [1.165, 1.54) is 9.88 Å². The van der Waals surface area contributed by atoms with Gasteiger partial charge in [0.15, 0.2) is 0 Å². The number of sulfonamides is 1. The molecule has 1 heterocycles. The normalized spacial score (nSPS) is 15.7. The fourth-order valence-electron chi connectivity index (χ4n) is 3.67. The number of ether oxygens (including phenoxy) is 1. The van der Waals surface area contributed by atoms with Crippen molar-refractivity contribution < 1.29 is 23.1 Å². The quantitative estimate of drug-likeness (QED) is 0.619. The van der Waals surface area contributed by atoms with Crippen LogP contribution >= 0.6 is 0 Å². The Hall–Kier alpha value is -2.80. The molecule has 0 unspecified atom stereocenters. The van der Waals surface area contributed by atoms with Crippen LogP contribution in [0.1, 0.15) is 50.7 Å². The molecule has 3 rings (SSSR count). The SMILES string of the molecule is CCC(=Cc1ccc2c(c1)N(S(=O)(=O)c1cccc(C)c1)C[C@H](CCC(=O)O)O2)CC. The minimum atomic E-state index is -3.84.